The van der Waals surface area contributed by atoms with E-state index in [1.54, 1.807) is 23.7 Å². The van der Waals surface area contributed by atoms with Crippen LogP contribution in [0.15, 0.2) is 0 Å². The summed E-state index contributed by atoms with van der Waals surface area (Å²) in [5, 5.41) is 5.03. The molecular formula is C13H23ClN4O. The highest BCUT2D eigenvalue weighted by Gasteiger charge is 2.22. The van der Waals surface area contributed by atoms with E-state index >= 15 is 0 Å². The fourth-order valence-corrected chi connectivity index (χ4v) is 2.20. The van der Waals surface area contributed by atoms with Crippen LogP contribution in [-0.4, -0.2) is 52.7 Å². The van der Waals surface area contributed by atoms with E-state index in [-0.39, 0.29) is 11.9 Å². The largest absolute Gasteiger partial charge is 0.347 e. The SMILES string of the molecule is CCc1nn(C)c(Cl)c1CN(C)[C@@H](C)C(=O)N(C)C. The van der Waals surface area contributed by atoms with Gasteiger partial charge in [0.25, 0.3) is 0 Å². The third-order valence-corrected chi connectivity index (χ3v) is 3.83. The van der Waals surface area contributed by atoms with Crippen molar-refractivity contribution >= 4 is 17.5 Å². The van der Waals surface area contributed by atoms with E-state index in [0.717, 1.165) is 17.7 Å². The van der Waals surface area contributed by atoms with Gasteiger partial charge in [-0.05, 0) is 20.4 Å². The Labute approximate surface area is 120 Å². The molecule has 0 fully saturated rings. The minimum atomic E-state index is -0.184. The number of likely N-dealkylation sites (N-methyl/N-ethyl adjacent to an activating group) is 2. The fourth-order valence-electron chi connectivity index (χ4n) is 1.99. The lowest BCUT2D eigenvalue weighted by molar-refractivity contribution is -0.133. The predicted octanol–water partition coefficient (Wildman–Crippen LogP) is 1.54. The monoisotopic (exact) mass is 286 g/mol. The lowest BCUT2D eigenvalue weighted by Gasteiger charge is -2.26. The van der Waals surface area contributed by atoms with Crippen molar-refractivity contribution in [2.75, 3.05) is 21.1 Å². The van der Waals surface area contributed by atoms with Crippen molar-refractivity contribution in [3.05, 3.63) is 16.4 Å². The average molecular weight is 287 g/mol. The summed E-state index contributed by atoms with van der Waals surface area (Å²) in [6, 6.07) is -0.184. The molecule has 0 N–H and O–H groups in total. The molecule has 5 nitrogen and oxygen atoms in total. The van der Waals surface area contributed by atoms with Crippen molar-refractivity contribution in [2.45, 2.75) is 32.9 Å². The van der Waals surface area contributed by atoms with E-state index in [1.807, 2.05) is 25.9 Å². The third-order valence-electron chi connectivity index (χ3n) is 3.35. The van der Waals surface area contributed by atoms with E-state index in [9.17, 15) is 4.79 Å². The number of carbonyl (C=O) groups excluding carboxylic acids is 1. The molecule has 19 heavy (non-hydrogen) atoms. The Kier molecular flexibility index (Phi) is 5.38. The third kappa shape index (κ3) is 3.48. The number of amides is 1. The summed E-state index contributed by atoms with van der Waals surface area (Å²) < 4.78 is 1.68. The van der Waals surface area contributed by atoms with Crippen molar-refractivity contribution in [3.63, 3.8) is 0 Å². The number of aryl methyl sites for hydroxylation is 2. The number of hydrogen-bond donors (Lipinski definition) is 0. The lowest BCUT2D eigenvalue weighted by atomic mass is 10.1. The van der Waals surface area contributed by atoms with Crippen molar-refractivity contribution < 1.29 is 4.79 Å². The second-order valence-corrected chi connectivity index (χ2v) is 5.37. The molecule has 1 aromatic rings. The molecule has 6 heteroatoms. The van der Waals surface area contributed by atoms with Crippen LogP contribution in [0.25, 0.3) is 0 Å². The van der Waals surface area contributed by atoms with Gasteiger partial charge < -0.3 is 4.90 Å². The topological polar surface area (TPSA) is 41.4 Å². The van der Waals surface area contributed by atoms with Crippen LogP contribution in [0.3, 0.4) is 0 Å². The smallest absolute Gasteiger partial charge is 0.239 e. The van der Waals surface area contributed by atoms with Crippen molar-refractivity contribution in [3.8, 4) is 0 Å². The molecule has 0 bridgehead atoms. The van der Waals surface area contributed by atoms with E-state index in [4.69, 9.17) is 11.6 Å². The second kappa shape index (κ2) is 6.39. The molecule has 1 rings (SSSR count). The van der Waals surface area contributed by atoms with Gasteiger partial charge in [-0.25, -0.2) is 0 Å². The molecule has 0 saturated heterocycles. The first-order valence-electron chi connectivity index (χ1n) is 6.41. The Morgan fingerprint density at radius 3 is 2.47 bits per heavy atom. The molecule has 0 spiro atoms. The first-order chi connectivity index (χ1) is 8.79. The van der Waals surface area contributed by atoms with Gasteiger partial charge in [0, 0.05) is 33.3 Å². The Bertz CT molecular complexity index is 456. The normalized spacial score (nSPS) is 12.8. The van der Waals surface area contributed by atoms with Crippen molar-refractivity contribution in [1.82, 2.24) is 19.6 Å². The van der Waals surface area contributed by atoms with Gasteiger partial charge in [-0.1, -0.05) is 18.5 Å². The number of halogens is 1. The van der Waals surface area contributed by atoms with Gasteiger partial charge in [-0.15, -0.1) is 0 Å². The summed E-state index contributed by atoms with van der Waals surface area (Å²) in [6.07, 6.45) is 0.833. The molecule has 0 unspecified atom stereocenters. The Morgan fingerprint density at radius 1 is 1.42 bits per heavy atom. The number of hydrogen-bond acceptors (Lipinski definition) is 3. The zero-order valence-electron chi connectivity index (χ0n) is 12.6. The maximum atomic E-state index is 11.9. The van der Waals surface area contributed by atoms with Crippen molar-refractivity contribution in [1.29, 1.82) is 0 Å². The first kappa shape index (κ1) is 16.0. The molecule has 0 aliphatic heterocycles. The highest BCUT2D eigenvalue weighted by atomic mass is 35.5. The Hall–Kier alpha value is -1.07. The quantitative estimate of drug-likeness (QED) is 0.825. The van der Waals surface area contributed by atoms with Crippen LogP contribution in [0.5, 0.6) is 0 Å². The molecule has 0 aliphatic rings. The van der Waals surface area contributed by atoms with Gasteiger partial charge in [0.2, 0.25) is 5.91 Å². The van der Waals surface area contributed by atoms with Gasteiger partial charge >= 0.3 is 0 Å². The van der Waals surface area contributed by atoms with Crippen LogP contribution in [0.4, 0.5) is 0 Å². The van der Waals surface area contributed by atoms with Crippen LogP contribution in [-0.2, 0) is 24.8 Å². The van der Waals surface area contributed by atoms with Crippen LogP contribution >= 0.6 is 11.6 Å². The molecule has 108 valence electrons. The maximum Gasteiger partial charge on any atom is 0.239 e. The molecule has 0 aliphatic carbocycles. The van der Waals surface area contributed by atoms with E-state index in [2.05, 4.69) is 12.0 Å². The lowest BCUT2D eigenvalue weighted by Crippen LogP contribution is -2.42. The van der Waals surface area contributed by atoms with Gasteiger partial charge in [0.15, 0.2) is 0 Å². The summed E-state index contributed by atoms with van der Waals surface area (Å²) in [6.45, 7) is 4.57. The van der Waals surface area contributed by atoms with Crippen LogP contribution < -0.4 is 0 Å². The average Bonchev–Trinajstić information content (AvgIpc) is 2.64. The summed E-state index contributed by atoms with van der Waals surface area (Å²) >= 11 is 6.26. The Balaban J connectivity index is 2.88. The van der Waals surface area contributed by atoms with Gasteiger partial charge in [0.1, 0.15) is 5.15 Å². The number of carbonyl (C=O) groups is 1. The zero-order chi connectivity index (χ0) is 14.7. The number of nitrogens with zero attached hydrogens (tertiary/aromatic N) is 4. The fraction of sp³-hybridized carbons (Fsp3) is 0.692. The summed E-state index contributed by atoms with van der Waals surface area (Å²) in [5.74, 6) is 0.0839. The molecule has 1 atom stereocenters. The minimum Gasteiger partial charge on any atom is -0.347 e. The predicted molar refractivity (Wildman–Crippen MR) is 77.2 cm³/mol. The van der Waals surface area contributed by atoms with E-state index in [0.29, 0.717) is 11.7 Å². The highest BCUT2D eigenvalue weighted by Crippen LogP contribution is 2.22. The molecule has 0 aromatic carbocycles. The summed E-state index contributed by atoms with van der Waals surface area (Å²) in [7, 11) is 7.29. The molecule has 1 aromatic heterocycles. The molecular weight excluding hydrogens is 264 g/mol. The van der Waals surface area contributed by atoms with Crippen molar-refractivity contribution in [2.24, 2.45) is 7.05 Å². The summed E-state index contributed by atoms with van der Waals surface area (Å²) in [5.41, 5.74) is 2.00. The summed E-state index contributed by atoms with van der Waals surface area (Å²) in [4.78, 5) is 15.5. The van der Waals surface area contributed by atoms with E-state index in [1.165, 1.54) is 0 Å². The zero-order valence-corrected chi connectivity index (χ0v) is 13.3. The van der Waals surface area contributed by atoms with Crippen LogP contribution in [0, 0.1) is 0 Å². The molecule has 0 saturated carbocycles. The molecule has 1 amide bonds. The number of aromatic nitrogens is 2. The van der Waals surface area contributed by atoms with Gasteiger partial charge in [-0.2, -0.15) is 5.10 Å². The van der Waals surface area contributed by atoms with Gasteiger partial charge in [-0.3, -0.25) is 14.4 Å². The standard InChI is InChI=1S/C13H23ClN4O/c1-7-11-10(12(14)18(6)15-11)8-17(5)9(2)13(19)16(3)4/h9H,7-8H2,1-6H3/t9-/m0/s1. The van der Waals surface area contributed by atoms with Gasteiger partial charge in [0.05, 0.1) is 11.7 Å². The molecule has 0 radical (unpaired) electrons. The number of rotatable bonds is 5. The minimum absolute atomic E-state index is 0.0839. The Morgan fingerprint density at radius 2 is 2.00 bits per heavy atom. The molecule has 1 heterocycles. The maximum absolute atomic E-state index is 11.9. The highest BCUT2D eigenvalue weighted by molar-refractivity contribution is 6.30. The van der Waals surface area contributed by atoms with Crippen LogP contribution in [0.1, 0.15) is 25.1 Å². The first-order valence-corrected chi connectivity index (χ1v) is 6.79. The van der Waals surface area contributed by atoms with Crippen LogP contribution in [0.2, 0.25) is 5.15 Å². The van der Waals surface area contributed by atoms with E-state index < -0.39 is 0 Å². The second-order valence-electron chi connectivity index (χ2n) is 5.02.